The van der Waals surface area contributed by atoms with Crippen LogP contribution in [0, 0.1) is 0 Å². The van der Waals surface area contributed by atoms with Crippen LogP contribution in [0.3, 0.4) is 0 Å². The van der Waals surface area contributed by atoms with Crippen LogP contribution in [0.25, 0.3) is 0 Å². The van der Waals surface area contributed by atoms with Crippen LogP contribution in [0.1, 0.15) is 64.7 Å². The van der Waals surface area contributed by atoms with Crippen molar-refractivity contribution in [1.82, 2.24) is 0 Å². The van der Waals surface area contributed by atoms with Gasteiger partial charge in [0.1, 0.15) is 6.29 Å². The summed E-state index contributed by atoms with van der Waals surface area (Å²) in [4.78, 5) is 9.98. The summed E-state index contributed by atoms with van der Waals surface area (Å²) in [6.07, 6.45) is 24.3. The zero-order valence-electron chi connectivity index (χ0n) is 11.8. The number of carbonyl (C=O) groups excluding carboxylic acids is 1. The Labute approximate surface area is 113 Å². The third kappa shape index (κ3) is 14.9. The molecule has 1 heteroatoms. The van der Waals surface area contributed by atoms with E-state index in [-0.39, 0.29) is 0 Å². The summed E-state index contributed by atoms with van der Waals surface area (Å²) in [7, 11) is 0. The molecule has 0 saturated heterocycles. The average Bonchev–Trinajstić information content (AvgIpc) is 2.39. The average molecular weight is 248 g/mol. The van der Waals surface area contributed by atoms with Gasteiger partial charge < -0.3 is 0 Å². The summed E-state index contributed by atoms with van der Waals surface area (Å²) in [5.74, 6) is 0. The van der Waals surface area contributed by atoms with Crippen molar-refractivity contribution in [1.29, 1.82) is 0 Å². The van der Waals surface area contributed by atoms with Crippen molar-refractivity contribution in [3.05, 3.63) is 36.5 Å². The van der Waals surface area contributed by atoms with Gasteiger partial charge in [-0.05, 0) is 18.9 Å². The van der Waals surface area contributed by atoms with Crippen LogP contribution in [-0.4, -0.2) is 6.29 Å². The van der Waals surface area contributed by atoms with E-state index in [2.05, 4.69) is 19.1 Å². The first kappa shape index (κ1) is 16.9. The van der Waals surface area contributed by atoms with E-state index in [1.54, 1.807) is 6.08 Å². The van der Waals surface area contributed by atoms with Gasteiger partial charge in [0.15, 0.2) is 0 Å². The second kappa shape index (κ2) is 15.9. The molecule has 0 spiro atoms. The molecular formula is C17H28O. The highest BCUT2D eigenvalue weighted by Gasteiger charge is 1.89. The Bertz CT molecular complexity index is 248. The second-order valence-corrected chi connectivity index (χ2v) is 4.60. The predicted molar refractivity (Wildman–Crippen MR) is 80.7 cm³/mol. The quantitative estimate of drug-likeness (QED) is 0.196. The monoisotopic (exact) mass is 248 g/mol. The first-order valence-electron chi connectivity index (χ1n) is 7.35. The van der Waals surface area contributed by atoms with Gasteiger partial charge in [0.25, 0.3) is 0 Å². The van der Waals surface area contributed by atoms with Gasteiger partial charge in [0.05, 0.1) is 0 Å². The van der Waals surface area contributed by atoms with Gasteiger partial charge in [-0.25, -0.2) is 0 Å². The van der Waals surface area contributed by atoms with E-state index < -0.39 is 0 Å². The molecular weight excluding hydrogens is 220 g/mol. The molecule has 0 saturated carbocycles. The van der Waals surface area contributed by atoms with Crippen molar-refractivity contribution in [2.75, 3.05) is 0 Å². The smallest absolute Gasteiger partial charge is 0.142 e. The number of hydrogen-bond donors (Lipinski definition) is 0. The minimum Gasteiger partial charge on any atom is -0.299 e. The first-order valence-corrected chi connectivity index (χ1v) is 7.35. The predicted octanol–water partition coefficient (Wildman–Crippen LogP) is 5.38. The SMILES string of the molecule is CCCCCCCCCC/C=C/C=C/C=C/C=O. The fraction of sp³-hybridized carbons (Fsp3) is 0.588. The van der Waals surface area contributed by atoms with E-state index in [0.29, 0.717) is 0 Å². The normalized spacial score (nSPS) is 12.1. The van der Waals surface area contributed by atoms with Crippen LogP contribution in [-0.2, 0) is 4.79 Å². The number of unbranched alkanes of at least 4 members (excludes halogenated alkanes) is 8. The molecule has 0 aromatic rings. The molecule has 0 aliphatic carbocycles. The Morgan fingerprint density at radius 2 is 1.22 bits per heavy atom. The summed E-state index contributed by atoms with van der Waals surface area (Å²) >= 11 is 0. The van der Waals surface area contributed by atoms with Crippen LogP contribution in [0.2, 0.25) is 0 Å². The molecule has 1 nitrogen and oxygen atoms in total. The number of aldehydes is 1. The van der Waals surface area contributed by atoms with Gasteiger partial charge in [0, 0.05) is 0 Å². The largest absolute Gasteiger partial charge is 0.299 e. The number of carbonyl (C=O) groups is 1. The molecule has 18 heavy (non-hydrogen) atoms. The van der Waals surface area contributed by atoms with Crippen molar-refractivity contribution < 1.29 is 4.79 Å². The minimum absolute atomic E-state index is 0.786. The van der Waals surface area contributed by atoms with E-state index in [9.17, 15) is 4.79 Å². The van der Waals surface area contributed by atoms with Gasteiger partial charge >= 0.3 is 0 Å². The zero-order chi connectivity index (χ0) is 13.3. The van der Waals surface area contributed by atoms with Crippen molar-refractivity contribution in [2.45, 2.75) is 64.7 Å². The van der Waals surface area contributed by atoms with Crippen molar-refractivity contribution >= 4 is 6.29 Å². The Kier molecular flexibility index (Phi) is 14.9. The molecule has 0 N–H and O–H groups in total. The maximum absolute atomic E-state index is 9.98. The third-order valence-electron chi connectivity index (χ3n) is 2.88. The summed E-state index contributed by atoms with van der Waals surface area (Å²) in [6.45, 7) is 2.26. The van der Waals surface area contributed by atoms with Gasteiger partial charge in [-0.1, -0.05) is 82.2 Å². The van der Waals surface area contributed by atoms with Crippen LogP contribution in [0.5, 0.6) is 0 Å². The Morgan fingerprint density at radius 1 is 0.667 bits per heavy atom. The molecule has 0 radical (unpaired) electrons. The molecule has 0 atom stereocenters. The fourth-order valence-corrected chi connectivity index (χ4v) is 1.81. The Balaban J connectivity index is 3.19. The third-order valence-corrected chi connectivity index (χ3v) is 2.88. The van der Waals surface area contributed by atoms with Crippen LogP contribution >= 0.6 is 0 Å². The summed E-state index contributed by atoms with van der Waals surface area (Å²) in [5.41, 5.74) is 0. The Morgan fingerprint density at radius 3 is 1.89 bits per heavy atom. The molecule has 0 unspecified atom stereocenters. The number of rotatable bonds is 12. The van der Waals surface area contributed by atoms with Gasteiger partial charge in [-0.15, -0.1) is 0 Å². The molecule has 0 fully saturated rings. The molecule has 0 aromatic heterocycles. The minimum atomic E-state index is 0.786. The van der Waals surface area contributed by atoms with Crippen LogP contribution in [0.4, 0.5) is 0 Å². The van der Waals surface area contributed by atoms with E-state index >= 15 is 0 Å². The number of allylic oxidation sites excluding steroid dienone is 6. The molecule has 0 aromatic carbocycles. The highest BCUT2D eigenvalue weighted by molar-refractivity contribution is 5.65. The maximum atomic E-state index is 9.98. The summed E-state index contributed by atoms with van der Waals surface area (Å²) in [5, 5.41) is 0. The molecule has 102 valence electrons. The lowest BCUT2D eigenvalue weighted by atomic mass is 10.1. The fourth-order valence-electron chi connectivity index (χ4n) is 1.81. The maximum Gasteiger partial charge on any atom is 0.142 e. The van der Waals surface area contributed by atoms with Crippen LogP contribution in [0.15, 0.2) is 36.5 Å². The summed E-state index contributed by atoms with van der Waals surface area (Å²) in [6, 6.07) is 0. The second-order valence-electron chi connectivity index (χ2n) is 4.60. The van der Waals surface area contributed by atoms with Gasteiger partial charge in [0.2, 0.25) is 0 Å². The molecule has 0 aliphatic heterocycles. The van der Waals surface area contributed by atoms with Gasteiger partial charge in [-0.2, -0.15) is 0 Å². The van der Waals surface area contributed by atoms with Crippen molar-refractivity contribution in [3.8, 4) is 0 Å². The van der Waals surface area contributed by atoms with Crippen molar-refractivity contribution in [3.63, 3.8) is 0 Å². The molecule has 0 rings (SSSR count). The van der Waals surface area contributed by atoms with Crippen molar-refractivity contribution in [2.24, 2.45) is 0 Å². The van der Waals surface area contributed by atoms with Gasteiger partial charge in [-0.3, -0.25) is 4.79 Å². The van der Waals surface area contributed by atoms with E-state index in [0.717, 1.165) is 12.7 Å². The van der Waals surface area contributed by atoms with E-state index in [1.807, 2.05) is 12.2 Å². The number of hydrogen-bond acceptors (Lipinski definition) is 1. The lowest BCUT2D eigenvalue weighted by Gasteiger charge is -1.99. The highest BCUT2D eigenvalue weighted by Crippen LogP contribution is 2.09. The first-order chi connectivity index (χ1) is 8.91. The molecule has 0 heterocycles. The lowest BCUT2D eigenvalue weighted by Crippen LogP contribution is -1.79. The molecule has 0 bridgehead atoms. The highest BCUT2D eigenvalue weighted by atomic mass is 16.1. The molecule has 0 aliphatic rings. The van der Waals surface area contributed by atoms with E-state index in [4.69, 9.17) is 0 Å². The lowest BCUT2D eigenvalue weighted by molar-refractivity contribution is -0.104. The topological polar surface area (TPSA) is 17.1 Å². The van der Waals surface area contributed by atoms with E-state index in [1.165, 1.54) is 57.4 Å². The Hall–Kier alpha value is -1.11. The van der Waals surface area contributed by atoms with Crippen LogP contribution < -0.4 is 0 Å². The summed E-state index contributed by atoms with van der Waals surface area (Å²) < 4.78 is 0. The molecule has 0 amide bonds. The zero-order valence-corrected chi connectivity index (χ0v) is 11.8. The standard InChI is InChI=1S/C17H28O/c1-2-3-4-5-6-7-8-9-10-11-12-13-14-15-16-17-18/h11-17H,2-10H2,1H3/b12-11+,14-13+,16-15+.